The van der Waals surface area contributed by atoms with Crippen LogP contribution >= 0.6 is 0 Å². The maximum absolute atomic E-state index is 5.98. The van der Waals surface area contributed by atoms with Gasteiger partial charge in [0.25, 0.3) is 0 Å². The van der Waals surface area contributed by atoms with E-state index in [0.29, 0.717) is 5.92 Å². The van der Waals surface area contributed by atoms with Crippen LogP contribution in [0.2, 0.25) is 0 Å². The van der Waals surface area contributed by atoms with E-state index in [0.717, 1.165) is 18.9 Å². The highest BCUT2D eigenvalue weighted by molar-refractivity contribution is 5.88. The molecule has 0 bridgehead atoms. The molecule has 2 nitrogen and oxygen atoms in total. The number of hydrogen-bond donors (Lipinski definition) is 0. The summed E-state index contributed by atoms with van der Waals surface area (Å²) in [6.45, 7) is 6.11. The highest BCUT2D eigenvalue weighted by Gasteiger charge is 2.12. The van der Waals surface area contributed by atoms with Gasteiger partial charge >= 0.3 is 0 Å². The number of likely N-dealkylation sites (N-methyl/N-ethyl adjacent to an activating group) is 1. The third-order valence-electron chi connectivity index (χ3n) is 3.30. The first kappa shape index (κ1) is 13.9. The van der Waals surface area contributed by atoms with Gasteiger partial charge < -0.3 is 9.64 Å². The van der Waals surface area contributed by atoms with Crippen LogP contribution in [0.5, 0.6) is 5.75 Å². The Morgan fingerprint density at radius 2 is 1.79 bits per heavy atom. The van der Waals surface area contributed by atoms with Crippen LogP contribution in [-0.2, 0) is 0 Å². The number of hydrogen-bond acceptors (Lipinski definition) is 2. The Kier molecular flexibility index (Phi) is 4.43. The molecule has 102 valence electrons. The van der Waals surface area contributed by atoms with Crippen LogP contribution in [-0.4, -0.2) is 32.1 Å². The largest absolute Gasteiger partial charge is 0.492 e. The summed E-state index contributed by atoms with van der Waals surface area (Å²) in [7, 11) is 4.13. The molecular weight excluding hydrogens is 234 g/mol. The summed E-state index contributed by atoms with van der Waals surface area (Å²) in [6.07, 6.45) is 0. The van der Waals surface area contributed by atoms with Gasteiger partial charge in [-0.3, -0.25) is 0 Å². The van der Waals surface area contributed by atoms with E-state index >= 15 is 0 Å². The van der Waals surface area contributed by atoms with E-state index in [1.165, 1.54) is 16.3 Å². The quantitative estimate of drug-likeness (QED) is 0.805. The van der Waals surface area contributed by atoms with E-state index in [-0.39, 0.29) is 0 Å². The molecule has 0 unspecified atom stereocenters. The normalized spacial score (nSPS) is 11.5. The van der Waals surface area contributed by atoms with Crippen LogP contribution in [0.25, 0.3) is 10.8 Å². The molecule has 0 spiro atoms. The topological polar surface area (TPSA) is 12.5 Å². The molecule has 2 aromatic carbocycles. The third-order valence-corrected chi connectivity index (χ3v) is 3.30. The molecule has 19 heavy (non-hydrogen) atoms. The second-order valence-corrected chi connectivity index (χ2v) is 5.50. The zero-order chi connectivity index (χ0) is 13.8. The fourth-order valence-corrected chi connectivity index (χ4v) is 2.34. The maximum Gasteiger partial charge on any atom is 0.123 e. The minimum Gasteiger partial charge on any atom is -0.492 e. The molecular formula is C17H23NO. The van der Waals surface area contributed by atoms with E-state index in [9.17, 15) is 0 Å². The third kappa shape index (κ3) is 3.27. The van der Waals surface area contributed by atoms with Crippen LogP contribution < -0.4 is 4.74 Å². The van der Waals surface area contributed by atoms with Crippen molar-refractivity contribution in [2.45, 2.75) is 19.8 Å². The van der Waals surface area contributed by atoms with Gasteiger partial charge in [0, 0.05) is 12.1 Å². The molecule has 0 radical (unpaired) electrons. The average Bonchev–Trinajstić information content (AvgIpc) is 2.37. The van der Waals surface area contributed by atoms with Gasteiger partial charge in [-0.2, -0.15) is 0 Å². The van der Waals surface area contributed by atoms with Gasteiger partial charge in [0.15, 0.2) is 0 Å². The smallest absolute Gasteiger partial charge is 0.123 e. The highest BCUT2D eigenvalue weighted by Crippen LogP contribution is 2.33. The molecule has 0 aliphatic heterocycles. The van der Waals surface area contributed by atoms with Crippen molar-refractivity contribution < 1.29 is 4.74 Å². The van der Waals surface area contributed by atoms with Gasteiger partial charge in [-0.1, -0.05) is 44.2 Å². The van der Waals surface area contributed by atoms with Gasteiger partial charge in [-0.15, -0.1) is 0 Å². The molecule has 0 aromatic heterocycles. The van der Waals surface area contributed by atoms with Crippen LogP contribution in [0.3, 0.4) is 0 Å². The summed E-state index contributed by atoms with van der Waals surface area (Å²) in [5, 5.41) is 2.59. The summed E-state index contributed by atoms with van der Waals surface area (Å²) < 4.78 is 5.98. The van der Waals surface area contributed by atoms with Crippen molar-refractivity contribution in [3.8, 4) is 5.75 Å². The summed E-state index contributed by atoms with van der Waals surface area (Å²) in [6, 6.07) is 12.8. The SMILES string of the molecule is CC(C)c1c(OCCN(C)C)ccc2ccccc12. The fraction of sp³-hybridized carbons (Fsp3) is 0.412. The van der Waals surface area contributed by atoms with Crippen molar-refractivity contribution in [2.75, 3.05) is 27.2 Å². The predicted octanol–water partition coefficient (Wildman–Crippen LogP) is 3.90. The number of fused-ring (bicyclic) bond motifs is 1. The lowest BCUT2D eigenvalue weighted by Gasteiger charge is -2.18. The number of benzene rings is 2. The fourth-order valence-electron chi connectivity index (χ4n) is 2.34. The van der Waals surface area contributed by atoms with Crippen LogP contribution in [0.1, 0.15) is 25.3 Å². The molecule has 0 aliphatic carbocycles. The molecule has 2 rings (SSSR count). The van der Waals surface area contributed by atoms with Crippen molar-refractivity contribution in [1.82, 2.24) is 4.90 Å². The lowest BCUT2D eigenvalue weighted by Crippen LogP contribution is -2.19. The molecule has 0 N–H and O–H groups in total. The zero-order valence-corrected chi connectivity index (χ0v) is 12.3. The van der Waals surface area contributed by atoms with Crippen molar-refractivity contribution in [3.63, 3.8) is 0 Å². The van der Waals surface area contributed by atoms with E-state index in [1.807, 2.05) is 0 Å². The van der Waals surface area contributed by atoms with E-state index in [1.54, 1.807) is 0 Å². The van der Waals surface area contributed by atoms with Crippen molar-refractivity contribution in [3.05, 3.63) is 42.0 Å². The van der Waals surface area contributed by atoms with Crippen molar-refractivity contribution in [2.24, 2.45) is 0 Å². The standard InChI is InChI=1S/C17H23NO/c1-13(2)17-15-8-6-5-7-14(15)9-10-16(17)19-12-11-18(3)4/h5-10,13H,11-12H2,1-4H3. The number of ether oxygens (including phenoxy) is 1. The molecule has 0 saturated heterocycles. The molecule has 0 saturated carbocycles. The van der Waals surface area contributed by atoms with Crippen molar-refractivity contribution >= 4 is 10.8 Å². The predicted molar refractivity (Wildman–Crippen MR) is 82.1 cm³/mol. The Bertz CT molecular complexity index is 546. The lowest BCUT2D eigenvalue weighted by molar-refractivity contribution is 0.259. The lowest BCUT2D eigenvalue weighted by atomic mass is 9.95. The molecule has 0 aliphatic rings. The van der Waals surface area contributed by atoms with Crippen LogP contribution in [0.15, 0.2) is 36.4 Å². The first-order valence-electron chi connectivity index (χ1n) is 6.88. The first-order chi connectivity index (χ1) is 9.09. The summed E-state index contributed by atoms with van der Waals surface area (Å²) in [5.74, 6) is 1.48. The minimum absolute atomic E-state index is 0.459. The van der Waals surface area contributed by atoms with Crippen LogP contribution in [0.4, 0.5) is 0 Å². The van der Waals surface area contributed by atoms with Gasteiger partial charge in [0.05, 0.1) is 0 Å². The van der Waals surface area contributed by atoms with E-state index in [2.05, 4.69) is 69.2 Å². The summed E-state index contributed by atoms with van der Waals surface area (Å²) in [4.78, 5) is 2.14. The maximum atomic E-state index is 5.98. The molecule has 0 atom stereocenters. The summed E-state index contributed by atoms with van der Waals surface area (Å²) in [5.41, 5.74) is 1.32. The van der Waals surface area contributed by atoms with Gasteiger partial charge in [-0.05, 0) is 36.9 Å². The molecule has 0 heterocycles. The molecule has 2 heteroatoms. The Morgan fingerprint density at radius 1 is 1.05 bits per heavy atom. The second-order valence-electron chi connectivity index (χ2n) is 5.50. The van der Waals surface area contributed by atoms with Gasteiger partial charge in [0.2, 0.25) is 0 Å². The highest BCUT2D eigenvalue weighted by atomic mass is 16.5. The Hall–Kier alpha value is -1.54. The van der Waals surface area contributed by atoms with Crippen molar-refractivity contribution in [1.29, 1.82) is 0 Å². The first-order valence-corrected chi connectivity index (χ1v) is 6.88. The van der Waals surface area contributed by atoms with Gasteiger partial charge in [-0.25, -0.2) is 0 Å². The number of nitrogens with zero attached hydrogens (tertiary/aromatic N) is 1. The Balaban J connectivity index is 2.35. The monoisotopic (exact) mass is 257 g/mol. The van der Waals surface area contributed by atoms with E-state index < -0.39 is 0 Å². The molecule has 0 fully saturated rings. The Labute approximate surface area is 116 Å². The Morgan fingerprint density at radius 3 is 2.47 bits per heavy atom. The summed E-state index contributed by atoms with van der Waals surface area (Å²) >= 11 is 0. The van der Waals surface area contributed by atoms with E-state index in [4.69, 9.17) is 4.74 Å². The second kappa shape index (κ2) is 6.07. The minimum atomic E-state index is 0.459. The molecule has 2 aromatic rings. The van der Waals surface area contributed by atoms with Gasteiger partial charge in [0.1, 0.15) is 12.4 Å². The number of rotatable bonds is 5. The van der Waals surface area contributed by atoms with Crippen LogP contribution in [0, 0.1) is 0 Å². The average molecular weight is 257 g/mol. The molecule has 0 amide bonds. The zero-order valence-electron chi connectivity index (χ0n) is 12.3.